The minimum absolute atomic E-state index is 0.132. The fourth-order valence-electron chi connectivity index (χ4n) is 4.85. The number of benzene rings is 2. The average Bonchev–Trinajstić information content (AvgIpc) is 2.91. The monoisotopic (exact) mass is 555 g/mol. The molecule has 0 saturated heterocycles. The van der Waals surface area contributed by atoms with Gasteiger partial charge in [-0.1, -0.05) is 125 Å². The summed E-state index contributed by atoms with van der Waals surface area (Å²) < 4.78 is 11.7. The molecule has 0 radical (unpaired) electrons. The lowest BCUT2D eigenvalue weighted by Crippen LogP contribution is -2.39. The summed E-state index contributed by atoms with van der Waals surface area (Å²) in [6, 6.07) is 17.4. The van der Waals surface area contributed by atoms with Gasteiger partial charge in [0, 0.05) is 12.5 Å². The number of carbonyl (C=O) groups excluding carboxylic acids is 1. The van der Waals surface area contributed by atoms with Crippen molar-refractivity contribution in [3.63, 3.8) is 0 Å². The molecule has 2 rings (SSSR count). The van der Waals surface area contributed by atoms with Crippen molar-refractivity contribution in [3.8, 4) is 11.1 Å². The number of amides is 1. The zero-order valence-electron chi connectivity index (χ0n) is 23.9. The molecule has 0 heterocycles. The molecular formula is C33H50NO4P. The number of hydrogen-bond donors (Lipinski definition) is 3. The van der Waals surface area contributed by atoms with Gasteiger partial charge in [0.25, 0.3) is 0 Å². The van der Waals surface area contributed by atoms with E-state index in [-0.39, 0.29) is 12.1 Å². The van der Waals surface area contributed by atoms with E-state index in [9.17, 15) is 19.1 Å². The minimum atomic E-state index is -4.26. The molecule has 0 aliphatic rings. The van der Waals surface area contributed by atoms with Crippen molar-refractivity contribution in [2.75, 3.05) is 6.16 Å². The molecule has 0 saturated carbocycles. The summed E-state index contributed by atoms with van der Waals surface area (Å²) in [7, 11) is -4.26. The van der Waals surface area contributed by atoms with Gasteiger partial charge in [0.2, 0.25) is 5.91 Å². The Bertz CT molecular complexity index is 985. The molecular weight excluding hydrogens is 505 g/mol. The van der Waals surface area contributed by atoms with Gasteiger partial charge < -0.3 is 15.1 Å². The van der Waals surface area contributed by atoms with Gasteiger partial charge in [0.1, 0.15) is 0 Å². The van der Waals surface area contributed by atoms with Crippen LogP contribution in [0.2, 0.25) is 0 Å². The van der Waals surface area contributed by atoms with Crippen LogP contribution in [0.15, 0.2) is 66.7 Å². The van der Waals surface area contributed by atoms with E-state index in [0.717, 1.165) is 42.4 Å². The molecule has 1 amide bonds. The predicted molar refractivity (Wildman–Crippen MR) is 164 cm³/mol. The van der Waals surface area contributed by atoms with Crippen LogP contribution in [0, 0.1) is 0 Å². The van der Waals surface area contributed by atoms with Crippen LogP contribution in [0.1, 0.15) is 102 Å². The minimum Gasteiger partial charge on any atom is -0.352 e. The second-order valence-corrected chi connectivity index (χ2v) is 12.4. The maximum absolute atomic E-state index is 12.5. The van der Waals surface area contributed by atoms with Crippen molar-refractivity contribution in [3.05, 3.63) is 72.3 Å². The van der Waals surface area contributed by atoms with E-state index in [0.29, 0.717) is 12.8 Å². The number of nitrogens with one attached hydrogen (secondary N) is 1. The third-order valence-corrected chi connectivity index (χ3v) is 7.95. The van der Waals surface area contributed by atoms with Gasteiger partial charge >= 0.3 is 7.60 Å². The van der Waals surface area contributed by atoms with Gasteiger partial charge in [-0.2, -0.15) is 0 Å². The Labute approximate surface area is 236 Å². The summed E-state index contributed by atoms with van der Waals surface area (Å²) in [6.07, 6.45) is 20.7. The van der Waals surface area contributed by atoms with Crippen LogP contribution in [0.5, 0.6) is 0 Å². The third kappa shape index (κ3) is 16.5. The Kier molecular flexibility index (Phi) is 16.8. The second kappa shape index (κ2) is 19.8. The summed E-state index contributed by atoms with van der Waals surface area (Å²) in [5, 5.41) is 2.88. The second-order valence-electron chi connectivity index (χ2n) is 10.7. The highest BCUT2D eigenvalue weighted by molar-refractivity contribution is 7.51. The lowest BCUT2D eigenvalue weighted by molar-refractivity contribution is -0.121. The molecule has 0 aliphatic heterocycles. The molecule has 2 aromatic carbocycles. The zero-order valence-corrected chi connectivity index (χ0v) is 24.8. The van der Waals surface area contributed by atoms with E-state index < -0.39 is 13.6 Å². The molecule has 0 unspecified atom stereocenters. The van der Waals surface area contributed by atoms with Gasteiger partial charge in [-0.25, -0.2) is 0 Å². The van der Waals surface area contributed by atoms with Crippen molar-refractivity contribution in [2.45, 2.75) is 109 Å². The van der Waals surface area contributed by atoms with E-state index in [1.807, 2.05) is 54.6 Å². The van der Waals surface area contributed by atoms with Gasteiger partial charge in [0.05, 0.1) is 6.16 Å². The zero-order chi connectivity index (χ0) is 28.2. The number of unbranched alkanes of at least 4 members (excludes halogenated alkanes) is 11. The van der Waals surface area contributed by atoms with E-state index in [4.69, 9.17) is 0 Å². The normalized spacial score (nSPS) is 12.6. The van der Waals surface area contributed by atoms with Crippen molar-refractivity contribution >= 4 is 13.5 Å². The molecule has 216 valence electrons. The molecule has 3 N–H and O–H groups in total. The van der Waals surface area contributed by atoms with Crippen LogP contribution in [-0.2, 0) is 15.8 Å². The summed E-state index contributed by atoms with van der Waals surface area (Å²) in [4.78, 5) is 31.6. The largest absolute Gasteiger partial charge is 0.352 e. The maximum Gasteiger partial charge on any atom is 0.327 e. The van der Waals surface area contributed by atoms with E-state index in [1.54, 1.807) is 0 Å². The first-order valence-corrected chi connectivity index (χ1v) is 16.8. The molecule has 1 atom stereocenters. The molecule has 0 aromatic heterocycles. The molecule has 5 nitrogen and oxygen atoms in total. The van der Waals surface area contributed by atoms with Gasteiger partial charge in [-0.05, 0) is 55.2 Å². The number of rotatable bonds is 21. The fraction of sp³-hybridized carbons (Fsp3) is 0.545. The SMILES string of the molecule is CCCCCCCC/C=C\CCCCCCCC(=O)N[C@H](Cc1ccc(-c2ccccc2)cc1)CP(=O)(O)O. The Morgan fingerprint density at radius 2 is 1.31 bits per heavy atom. The van der Waals surface area contributed by atoms with Crippen LogP contribution in [-0.4, -0.2) is 27.9 Å². The van der Waals surface area contributed by atoms with Crippen LogP contribution in [0.3, 0.4) is 0 Å². The highest BCUT2D eigenvalue weighted by atomic mass is 31.2. The molecule has 0 aliphatic carbocycles. The standard InChI is InChI=1S/C33H50NO4P/c1-2-3-4-5-6-7-8-9-10-11-12-13-14-15-19-22-33(35)34-32(28-39(36,37)38)27-29-23-25-31(26-24-29)30-20-17-16-18-21-30/h9-10,16-18,20-21,23-26,32H,2-8,11-15,19,22,27-28H2,1H3,(H,34,35)(H2,36,37,38)/b10-9-/t32-/m1/s1. The highest BCUT2D eigenvalue weighted by Crippen LogP contribution is 2.35. The molecule has 0 fully saturated rings. The van der Waals surface area contributed by atoms with Gasteiger partial charge in [0.15, 0.2) is 0 Å². The Morgan fingerprint density at radius 1 is 0.769 bits per heavy atom. The van der Waals surface area contributed by atoms with Crippen molar-refractivity contribution in [1.29, 1.82) is 0 Å². The van der Waals surface area contributed by atoms with Crippen LogP contribution >= 0.6 is 7.60 Å². The molecule has 6 heteroatoms. The summed E-state index contributed by atoms with van der Waals surface area (Å²) in [5.74, 6) is -0.132. The summed E-state index contributed by atoms with van der Waals surface area (Å²) in [6.45, 7) is 2.25. The van der Waals surface area contributed by atoms with E-state index in [2.05, 4.69) is 24.4 Å². The van der Waals surface area contributed by atoms with Gasteiger partial charge in [-0.3, -0.25) is 9.36 Å². The molecule has 39 heavy (non-hydrogen) atoms. The fourth-order valence-corrected chi connectivity index (χ4v) is 5.65. The van der Waals surface area contributed by atoms with Crippen LogP contribution in [0.4, 0.5) is 0 Å². The third-order valence-electron chi connectivity index (χ3n) is 7.03. The number of carbonyl (C=O) groups is 1. The summed E-state index contributed by atoms with van der Waals surface area (Å²) >= 11 is 0. The lowest BCUT2D eigenvalue weighted by Gasteiger charge is -2.20. The lowest BCUT2D eigenvalue weighted by atomic mass is 10.0. The molecule has 2 aromatic rings. The topological polar surface area (TPSA) is 86.6 Å². The quantitative estimate of drug-likeness (QED) is 0.0818. The van der Waals surface area contributed by atoms with E-state index in [1.165, 1.54) is 57.8 Å². The van der Waals surface area contributed by atoms with Crippen molar-refractivity contribution in [2.24, 2.45) is 0 Å². The first-order valence-electron chi connectivity index (χ1n) is 15.0. The smallest absolute Gasteiger partial charge is 0.327 e. The van der Waals surface area contributed by atoms with Crippen molar-refractivity contribution in [1.82, 2.24) is 5.32 Å². The first-order chi connectivity index (χ1) is 18.9. The predicted octanol–water partition coefficient (Wildman–Crippen LogP) is 8.60. The van der Waals surface area contributed by atoms with E-state index >= 15 is 0 Å². The van der Waals surface area contributed by atoms with Crippen LogP contribution < -0.4 is 5.32 Å². The number of hydrogen-bond acceptors (Lipinski definition) is 2. The Balaban J connectivity index is 1.62. The average molecular weight is 556 g/mol. The van der Waals surface area contributed by atoms with Crippen molar-refractivity contribution < 1.29 is 19.1 Å². The molecule has 0 bridgehead atoms. The van der Waals surface area contributed by atoms with Crippen LogP contribution in [0.25, 0.3) is 11.1 Å². The number of allylic oxidation sites excluding steroid dienone is 2. The Hall–Kier alpha value is -2.20. The Morgan fingerprint density at radius 3 is 1.90 bits per heavy atom. The first kappa shape index (κ1) is 33.0. The molecule has 0 spiro atoms. The highest BCUT2D eigenvalue weighted by Gasteiger charge is 2.23. The maximum atomic E-state index is 12.5. The summed E-state index contributed by atoms with van der Waals surface area (Å²) in [5.41, 5.74) is 3.14. The van der Waals surface area contributed by atoms with Gasteiger partial charge in [-0.15, -0.1) is 0 Å².